The van der Waals surface area contributed by atoms with Crippen molar-refractivity contribution in [3.63, 3.8) is 0 Å². The molecule has 3 nitrogen and oxygen atoms in total. The molecule has 0 radical (unpaired) electrons. The predicted octanol–water partition coefficient (Wildman–Crippen LogP) is 2.27. The summed E-state index contributed by atoms with van der Waals surface area (Å²) in [6.07, 6.45) is 2.52. The maximum atomic E-state index is 5.97. The van der Waals surface area contributed by atoms with Crippen LogP contribution in [-0.2, 0) is 0 Å². The molecule has 0 bridgehead atoms. The van der Waals surface area contributed by atoms with E-state index in [-0.39, 0.29) is 0 Å². The number of anilines is 2. The summed E-state index contributed by atoms with van der Waals surface area (Å²) in [5.74, 6) is 0.911. The number of hydrogen-bond donors (Lipinski definition) is 1. The van der Waals surface area contributed by atoms with Gasteiger partial charge in [0, 0.05) is 19.2 Å². The first-order valence-corrected chi connectivity index (χ1v) is 5.58. The van der Waals surface area contributed by atoms with Crippen LogP contribution in [0.4, 0.5) is 11.4 Å². The quantitative estimate of drug-likeness (QED) is 0.771. The summed E-state index contributed by atoms with van der Waals surface area (Å²) >= 11 is 0. The van der Waals surface area contributed by atoms with Gasteiger partial charge in [0.25, 0.3) is 0 Å². The van der Waals surface area contributed by atoms with Crippen molar-refractivity contribution >= 4 is 11.4 Å². The van der Waals surface area contributed by atoms with E-state index in [9.17, 15) is 0 Å². The Hall–Kier alpha value is -1.38. The molecule has 0 amide bonds. The Morgan fingerprint density at radius 3 is 2.73 bits per heavy atom. The number of hydrogen-bond acceptors (Lipinski definition) is 3. The molecule has 0 unspecified atom stereocenters. The summed E-state index contributed by atoms with van der Waals surface area (Å²) in [7, 11) is 0. The Bertz CT molecular complexity index is 332. The molecule has 1 aromatic carbocycles. The topological polar surface area (TPSA) is 38.5 Å². The van der Waals surface area contributed by atoms with Crippen LogP contribution >= 0.6 is 0 Å². The first kappa shape index (κ1) is 10.1. The summed E-state index contributed by atoms with van der Waals surface area (Å²) in [5.41, 5.74) is 7.94. The summed E-state index contributed by atoms with van der Waals surface area (Å²) in [4.78, 5) is 2.33. The van der Waals surface area contributed by atoms with Crippen LogP contribution in [0.25, 0.3) is 0 Å². The third-order valence-corrected chi connectivity index (χ3v) is 2.76. The molecule has 1 aliphatic heterocycles. The van der Waals surface area contributed by atoms with E-state index in [4.69, 9.17) is 10.5 Å². The van der Waals surface area contributed by atoms with Crippen molar-refractivity contribution in [2.45, 2.75) is 19.8 Å². The lowest BCUT2D eigenvalue weighted by atomic mass is 10.2. The average Bonchev–Trinajstić information content (AvgIpc) is 2.74. The maximum Gasteiger partial charge on any atom is 0.121 e. The van der Waals surface area contributed by atoms with E-state index in [1.165, 1.54) is 12.8 Å². The van der Waals surface area contributed by atoms with E-state index in [0.29, 0.717) is 6.61 Å². The Kier molecular flexibility index (Phi) is 2.99. The Morgan fingerprint density at radius 1 is 1.33 bits per heavy atom. The van der Waals surface area contributed by atoms with Gasteiger partial charge < -0.3 is 15.4 Å². The molecular weight excluding hydrogens is 188 g/mol. The molecule has 1 aromatic rings. The molecule has 2 N–H and O–H groups in total. The SMILES string of the molecule is CCOc1ccc(N)c(N2CCCC2)c1. The fourth-order valence-electron chi connectivity index (χ4n) is 2.01. The second-order valence-electron chi connectivity index (χ2n) is 3.85. The first-order chi connectivity index (χ1) is 7.31. The van der Waals surface area contributed by atoms with Crippen LogP contribution in [0.15, 0.2) is 18.2 Å². The second-order valence-corrected chi connectivity index (χ2v) is 3.85. The summed E-state index contributed by atoms with van der Waals surface area (Å²) in [6, 6.07) is 5.90. The van der Waals surface area contributed by atoms with Gasteiger partial charge in [0.1, 0.15) is 5.75 Å². The zero-order valence-electron chi connectivity index (χ0n) is 9.20. The first-order valence-electron chi connectivity index (χ1n) is 5.58. The molecule has 0 aliphatic carbocycles. The molecule has 2 rings (SSSR count). The predicted molar refractivity (Wildman–Crippen MR) is 63.5 cm³/mol. The molecule has 1 saturated heterocycles. The van der Waals surface area contributed by atoms with Gasteiger partial charge in [0.2, 0.25) is 0 Å². The zero-order chi connectivity index (χ0) is 10.7. The van der Waals surface area contributed by atoms with Gasteiger partial charge in [-0.2, -0.15) is 0 Å². The van der Waals surface area contributed by atoms with Crippen LogP contribution in [0, 0.1) is 0 Å². The number of nitrogen functional groups attached to an aromatic ring is 1. The third kappa shape index (κ3) is 2.17. The smallest absolute Gasteiger partial charge is 0.121 e. The van der Waals surface area contributed by atoms with Gasteiger partial charge in [-0.15, -0.1) is 0 Å². The number of benzene rings is 1. The lowest BCUT2D eigenvalue weighted by Crippen LogP contribution is -2.19. The molecule has 0 atom stereocenters. The zero-order valence-corrected chi connectivity index (χ0v) is 9.20. The standard InChI is InChI=1S/C12H18N2O/c1-2-15-10-5-6-11(13)12(9-10)14-7-3-4-8-14/h5-6,9H,2-4,7-8,13H2,1H3. The summed E-state index contributed by atoms with van der Waals surface area (Å²) in [5, 5.41) is 0. The van der Waals surface area contributed by atoms with Crippen molar-refractivity contribution in [1.29, 1.82) is 0 Å². The maximum absolute atomic E-state index is 5.97. The van der Waals surface area contributed by atoms with Gasteiger partial charge in [-0.25, -0.2) is 0 Å². The van der Waals surface area contributed by atoms with Crippen molar-refractivity contribution in [1.82, 2.24) is 0 Å². The molecule has 0 aromatic heterocycles. The molecule has 1 aliphatic rings. The molecule has 82 valence electrons. The van der Waals surface area contributed by atoms with E-state index in [1.54, 1.807) is 0 Å². The fraction of sp³-hybridized carbons (Fsp3) is 0.500. The van der Waals surface area contributed by atoms with Crippen LogP contribution in [0.5, 0.6) is 5.75 Å². The molecule has 0 spiro atoms. The average molecular weight is 206 g/mol. The van der Waals surface area contributed by atoms with Crippen molar-refractivity contribution in [2.75, 3.05) is 30.3 Å². The molecule has 1 heterocycles. The molecule has 15 heavy (non-hydrogen) atoms. The Balaban J connectivity index is 2.23. The minimum Gasteiger partial charge on any atom is -0.494 e. The third-order valence-electron chi connectivity index (χ3n) is 2.76. The van der Waals surface area contributed by atoms with E-state index in [0.717, 1.165) is 30.2 Å². The van der Waals surface area contributed by atoms with Crippen LogP contribution < -0.4 is 15.4 Å². The summed E-state index contributed by atoms with van der Waals surface area (Å²) in [6.45, 7) is 4.91. The van der Waals surface area contributed by atoms with Crippen molar-refractivity contribution in [2.24, 2.45) is 0 Å². The fourth-order valence-corrected chi connectivity index (χ4v) is 2.01. The number of ether oxygens (including phenoxy) is 1. The van der Waals surface area contributed by atoms with Gasteiger partial charge in [0.05, 0.1) is 18.0 Å². The highest BCUT2D eigenvalue weighted by molar-refractivity contribution is 5.70. The van der Waals surface area contributed by atoms with Crippen LogP contribution in [0.2, 0.25) is 0 Å². The monoisotopic (exact) mass is 206 g/mol. The highest BCUT2D eigenvalue weighted by Crippen LogP contribution is 2.30. The molecule has 3 heteroatoms. The molecule has 1 fully saturated rings. The van der Waals surface area contributed by atoms with Crippen molar-refractivity contribution < 1.29 is 4.74 Å². The number of nitrogens with zero attached hydrogens (tertiary/aromatic N) is 1. The minimum absolute atomic E-state index is 0.698. The van der Waals surface area contributed by atoms with Gasteiger partial charge in [-0.05, 0) is 31.9 Å². The second kappa shape index (κ2) is 4.43. The van der Waals surface area contributed by atoms with Gasteiger partial charge >= 0.3 is 0 Å². The molecular formula is C12H18N2O. The Morgan fingerprint density at radius 2 is 2.07 bits per heavy atom. The van der Waals surface area contributed by atoms with Crippen LogP contribution in [-0.4, -0.2) is 19.7 Å². The number of rotatable bonds is 3. The minimum atomic E-state index is 0.698. The van der Waals surface area contributed by atoms with E-state index in [2.05, 4.69) is 4.90 Å². The van der Waals surface area contributed by atoms with Crippen molar-refractivity contribution in [3.8, 4) is 5.75 Å². The largest absolute Gasteiger partial charge is 0.494 e. The van der Waals surface area contributed by atoms with E-state index in [1.807, 2.05) is 25.1 Å². The lowest BCUT2D eigenvalue weighted by Gasteiger charge is -2.20. The lowest BCUT2D eigenvalue weighted by molar-refractivity contribution is 0.340. The highest BCUT2D eigenvalue weighted by Gasteiger charge is 2.15. The Labute approximate surface area is 90.8 Å². The summed E-state index contributed by atoms with van der Waals surface area (Å²) < 4.78 is 5.48. The van der Waals surface area contributed by atoms with Crippen molar-refractivity contribution in [3.05, 3.63) is 18.2 Å². The van der Waals surface area contributed by atoms with E-state index < -0.39 is 0 Å². The molecule has 0 saturated carbocycles. The van der Waals surface area contributed by atoms with Crippen LogP contribution in [0.1, 0.15) is 19.8 Å². The van der Waals surface area contributed by atoms with Gasteiger partial charge in [0.15, 0.2) is 0 Å². The van der Waals surface area contributed by atoms with E-state index >= 15 is 0 Å². The van der Waals surface area contributed by atoms with Crippen LogP contribution in [0.3, 0.4) is 0 Å². The highest BCUT2D eigenvalue weighted by atomic mass is 16.5. The van der Waals surface area contributed by atoms with Gasteiger partial charge in [-0.3, -0.25) is 0 Å². The number of nitrogens with two attached hydrogens (primary N) is 1. The van der Waals surface area contributed by atoms with Gasteiger partial charge in [-0.1, -0.05) is 0 Å². The normalized spacial score (nSPS) is 15.7.